The Morgan fingerprint density at radius 1 is 0.696 bits per heavy atom. The largest absolute Gasteiger partial charge is 1.00 e. The standard InChI is InChI=1S/C19H24BrNO.C18H22BrNO2.Na.H2O/c1-5-12-9-15(20)10-13(6-2)17(12)16-11(3)19(4,14-7-8-14)21-18(16)22;1-4-10-8-13(19)9-11(5-2)14(10)15-16(21)18(3,12-6-7-12)20-17(15)22;;/h9-10,14H,5-8H2,1-4H3,(H,21,22);8-9,12,21H,4-7H2,1-3H3,(H,20,22);;1H2/q;;+1;/p-1. The number of carbonyl (C=O) groups is 2. The molecule has 0 bridgehead atoms. The van der Waals surface area contributed by atoms with Crippen LogP contribution in [0.5, 0.6) is 0 Å². The summed E-state index contributed by atoms with van der Waals surface area (Å²) < 4.78 is 2.12. The van der Waals surface area contributed by atoms with Crippen molar-refractivity contribution >= 4 is 54.8 Å². The molecule has 2 aliphatic carbocycles. The van der Waals surface area contributed by atoms with Gasteiger partial charge in [0.1, 0.15) is 5.76 Å². The van der Waals surface area contributed by atoms with Crippen molar-refractivity contribution in [2.24, 2.45) is 11.8 Å². The number of halogens is 2. The molecule has 244 valence electrons. The van der Waals surface area contributed by atoms with E-state index >= 15 is 0 Å². The van der Waals surface area contributed by atoms with E-state index in [4.69, 9.17) is 0 Å². The van der Waals surface area contributed by atoms with Crippen LogP contribution in [0.2, 0.25) is 0 Å². The van der Waals surface area contributed by atoms with Crippen LogP contribution < -0.4 is 40.2 Å². The van der Waals surface area contributed by atoms with Crippen LogP contribution in [0.25, 0.3) is 11.1 Å². The number of hydrogen-bond acceptors (Lipinski definition) is 4. The summed E-state index contributed by atoms with van der Waals surface area (Å²) in [4.78, 5) is 25.4. The molecule has 4 N–H and O–H groups in total. The van der Waals surface area contributed by atoms with E-state index in [0.717, 1.165) is 69.7 Å². The van der Waals surface area contributed by atoms with Crippen LogP contribution in [0.4, 0.5) is 0 Å². The number of hydrogen-bond donors (Lipinski definition) is 3. The first-order chi connectivity index (χ1) is 20.8. The monoisotopic (exact) mass is 764 g/mol. The van der Waals surface area contributed by atoms with Gasteiger partial charge < -0.3 is 21.2 Å². The first kappa shape index (κ1) is 39.0. The van der Waals surface area contributed by atoms with Crippen molar-refractivity contribution < 1.29 is 49.7 Å². The summed E-state index contributed by atoms with van der Waals surface area (Å²) in [5.41, 5.74) is 8.72. The third-order valence-corrected chi connectivity index (χ3v) is 11.3. The second kappa shape index (κ2) is 15.0. The topological polar surface area (TPSA) is 108 Å². The molecule has 6 nitrogen and oxygen atoms in total. The summed E-state index contributed by atoms with van der Waals surface area (Å²) in [6, 6.07) is 8.42. The van der Waals surface area contributed by atoms with Crippen molar-refractivity contribution in [2.75, 3.05) is 0 Å². The predicted octanol–water partition coefficient (Wildman–Crippen LogP) is 5.61. The normalized spacial score (nSPS) is 23.8. The van der Waals surface area contributed by atoms with Crippen molar-refractivity contribution in [3.05, 3.63) is 77.9 Å². The Morgan fingerprint density at radius 2 is 1.02 bits per heavy atom. The van der Waals surface area contributed by atoms with Crippen molar-refractivity contribution in [2.45, 2.75) is 111 Å². The van der Waals surface area contributed by atoms with Gasteiger partial charge in [0.05, 0.1) is 16.7 Å². The molecule has 2 amide bonds. The number of aliphatic hydroxyl groups excluding tert-OH is 1. The fraction of sp³-hybridized carbons (Fsp3) is 0.514. The van der Waals surface area contributed by atoms with E-state index in [1.807, 2.05) is 6.92 Å². The molecular weight excluding hydrogens is 719 g/mol. The summed E-state index contributed by atoms with van der Waals surface area (Å²) in [5, 5.41) is 17.2. The van der Waals surface area contributed by atoms with E-state index in [-0.39, 0.29) is 58.1 Å². The number of benzene rings is 2. The van der Waals surface area contributed by atoms with Gasteiger partial charge in [0, 0.05) is 14.5 Å². The molecule has 2 aliphatic heterocycles. The quantitative estimate of drug-likeness (QED) is 0.304. The van der Waals surface area contributed by atoms with Gasteiger partial charge in [-0.2, -0.15) is 0 Å². The molecule has 0 radical (unpaired) electrons. The minimum absolute atomic E-state index is 0. The minimum Gasteiger partial charge on any atom is -0.870 e. The van der Waals surface area contributed by atoms with Gasteiger partial charge in [0.2, 0.25) is 0 Å². The maximum Gasteiger partial charge on any atom is 1.00 e. The molecule has 2 fully saturated rings. The third-order valence-electron chi connectivity index (χ3n) is 10.4. The summed E-state index contributed by atoms with van der Waals surface area (Å²) >= 11 is 7.15. The predicted molar refractivity (Wildman–Crippen MR) is 188 cm³/mol. The molecule has 9 heteroatoms. The van der Waals surface area contributed by atoms with Crippen LogP contribution >= 0.6 is 31.9 Å². The zero-order valence-corrected chi connectivity index (χ0v) is 33.8. The molecule has 0 spiro atoms. The fourth-order valence-corrected chi connectivity index (χ4v) is 8.42. The van der Waals surface area contributed by atoms with Gasteiger partial charge in [-0.15, -0.1) is 0 Å². The van der Waals surface area contributed by atoms with Gasteiger partial charge in [-0.05, 0) is 147 Å². The van der Waals surface area contributed by atoms with E-state index < -0.39 is 5.54 Å². The Morgan fingerprint density at radius 3 is 1.39 bits per heavy atom. The number of aryl methyl sites for hydroxylation is 4. The van der Waals surface area contributed by atoms with Gasteiger partial charge in [0.25, 0.3) is 11.8 Å². The molecule has 2 aromatic carbocycles. The Bertz CT molecular complexity index is 1430. The number of aliphatic hydroxyl groups is 1. The fourth-order valence-electron chi connectivity index (χ4n) is 7.31. The maximum absolute atomic E-state index is 12.8. The Kier molecular flexibility index (Phi) is 12.7. The zero-order valence-electron chi connectivity index (χ0n) is 28.6. The van der Waals surface area contributed by atoms with E-state index in [2.05, 4.69) is 108 Å². The molecular formula is C37H47Br2N2NaO4. The van der Waals surface area contributed by atoms with E-state index in [1.54, 1.807) is 0 Å². The number of amides is 2. The van der Waals surface area contributed by atoms with E-state index in [1.165, 1.54) is 35.1 Å². The van der Waals surface area contributed by atoms with Crippen LogP contribution in [-0.2, 0) is 35.3 Å². The Balaban J connectivity index is 0.000000240. The zero-order chi connectivity index (χ0) is 32.1. The molecule has 2 saturated carbocycles. The second-order valence-corrected chi connectivity index (χ2v) is 15.0. The van der Waals surface area contributed by atoms with Crippen molar-refractivity contribution in [3.63, 3.8) is 0 Å². The Labute approximate surface area is 313 Å². The summed E-state index contributed by atoms with van der Waals surface area (Å²) in [6.07, 6.45) is 8.10. The smallest absolute Gasteiger partial charge is 0.870 e. The van der Waals surface area contributed by atoms with Crippen LogP contribution in [0, 0.1) is 11.8 Å². The molecule has 46 heavy (non-hydrogen) atoms. The van der Waals surface area contributed by atoms with Crippen LogP contribution in [0.15, 0.2) is 44.5 Å². The van der Waals surface area contributed by atoms with Gasteiger partial charge in [0.15, 0.2) is 0 Å². The molecule has 2 heterocycles. The number of nitrogens with one attached hydrogen (secondary N) is 2. The first-order valence-electron chi connectivity index (χ1n) is 16.3. The molecule has 0 saturated heterocycles. The van der Waals surface area contributed by atoms with Gasteiger partial charge in [-0.1, -0.05) is 59.6 Å². The van der Waals surface area contributed by atoms with E-state index in [9.17, 15) is 14.7 Å². The summed E-state index contributed by atoms with van der Waals surface area (Å²) in [7, 11) is 0. The molecule has 2 unspecified atom stereocenters. The Hall–Kier alpha value is -1.42. The summed E-state index contributed by atoms with van der Waals surface area (Å²) in [5.74, 6) is 1.17. The van der Waals surface area contributed by atoms with Crippen molar-refractivity contribution in [1.29, 1.82) is 0 Å². The van der Waals surface area contributed by atoms with Crippen molar-refractivity contribution in [1.82, 2.24) is 10.6 Å². The SMILES string of the molecule is CCc1cc(Br)cc(CC)c1C1=C(C)C(C)(C2CC2)NC1=O.CCc1cc(Br)cc(CC)c1C1=C(O)C(C)(C2CC2)NC1=O.[Na+].[OH-]. The summed E-state index contributed by atoms with van der Waals surface area (Å²) in [6.45, 7) is 14.8. The van der Waals surface area contributed by atoms with E-state index in [0.29, 0.717) is 17.4 Å². The molecule has 6 rings (SSSR count). The number of rotatable bonds is 8. The first-order valence-corrected chi connectivity index (χ1v) is 17.9. The van der Waals surface area contributed by atoms with Gasteiger partial charge in [-0.3, -0.25) is 9.59 Å². The average Bonchev–Trinajstić information content (AvgIpc) is 3.91. The molecule has 0 aromatic heterocycles. The van der Waals surface area contributed by atoms with Crippen molar-refractivity contribution in [3.8, 4) is 0 Å². The molecule has 4 aliphatic rings. The van der Waals surface area contributed by atoms with Crippen LogP contribution in [0.3, 0.4) is 0 Å². The minimum atomic E-state index is -0.588. The number of carbonyl (C=O) groups excluding carboxylic acids is 2. The average molecular weight is 767 g/mol. The van der Waals surface area contributed by atoms with Crippen LogP contribution in [0.1, 0.15) is 108 Å². The van der Waals surface area contributed by atoms with Crippen LogP contribution in [-0.4, -0.2) is 33.5 Å². The molecule has 2 aromatic rings. The second-order valence-electron chi connectivity index (χ2n) is 13.2. The third kappa shape index (κ3) is 7.00. The molecule has 2 atom stereocenters. The maximum atomic E-state index is 12.8. The van der Waals surface area contributed by atoms with Gasteiger partial charge >= 0.3 is 29.6 Å². The van der Waals surface area contributed by atoms with Gasteiger partial charge in [-0.25, -0.2) is 0 Å².